The number of para-hydroxylation sites is 1. The first-order chi connectivity index (χ1) is 11.2. The number of amides is 2. The standard InChI is InChI=1S/C19H18N2O2/c20-18(22)17-10-13-8-4-5-9-16(13)21(17)19(23)15-11-14(15)12-6-2-1-3-7-12/h1-9,14-15,17H,10-11H2,(H2,20,22)/t14?,15?,17-/m0/s1. The Balaban J connectivity index is 1.61. The summed E-state index contributed by atoms with van der Waals surface area (Å²) in [6.07, 6.45) is 1.35. The Morgan fingerprint density at radius 3 is 2.43 bits per heavy atom. The zero-order chi connectivity index (χ0) is 16.0. The summed E-state index contributed by atoms with van der Waals surface area (Å²) in [7, 11) is 0. The van der Waals surface area contributed by atoms with Crippen LogP contribution in [0, 0.1) is 5.92 Å². The van der Waals surface area contributed by atoms with Crippen molar-refractivity contribution < 1.29 is 9.59 Å². The van der Waals surface area contributed by atoms with Gasteiger partial charge in [-0.15, -0.1) is 0 Å². The van der Waals surface area contributed by atoms with Gasteiger partial charge in [0.1, 0.15) is 6.04 Å². The maximum atomic E-state index is 13.0. The van der Waals surface area contributed by atoms with Gasteiger partial charge in [-0.05, 0) is 29.5 Å². The van der Waals surface area contributed by atoms with Gasteiger partial charge in [0.05, 0.1) is 0 Å². The van der Waals surface area contributed by atoms with Gasteiger partial charge in [0.25, 0.3) is 0 Å². The number of hydrogen-bond acceptors (Lipinski definition) is 2. The molecule has 4 rings (SSSR count). The van der Waals surface area contributed by atoms with Crippen LogP contribution in [0.2, 0.25) is 0 Å². The van der Waals surface area contributed by atoms with Crippen LogP contribution in [0.25, 0.3) is 0 Å². The van der Waals surface area contributed by atoms with Gasteiger partial charge in [-0.3, -0.25) is 14.5 Å². The Morgan fingerprint density at radius 1 is 1.00 bits per heavy atom. The van der Waals surface area contributed by atoms with E-state index in [2.05, 4.69) is 12.1 Å². The molecule has 0 spiro atoms. The van der Waals surface area contributed by atoms with Gasteiger partial charge in [0.2, 0.25) is 11.8 Å². The number of rotatable bonds is 3. The molecule has 0 bridgehead atoms. The summed E-state index contributed by atoms with van der Waals surface area (Å²) in [5.74, 6) is -0.213. The normalized spacial score (nSPS) is 25.0. The number of benzene rings is 2. The maximum Gasteiger partial charge on any atom is 0.240 e. The van der Waals surface area contributed by atoms with E-state index in [4.69, 9.17) is 5.73 Å². The molecule has 0 radical (unpaired) electrons. The zero-order valence-electron chi connectivity index (χ0n) is 12.7. The fourth-order valence-corrected chi connectivity index (χ4v) is 3.60. The molecule has 1 aliphatic carbocycles. The minimum Gasteiger partial charge on any atom is -0.368 e. The van der Waals surface area contributed by atoms with E-state index in [1.165, 1.54) is 5.56 Å². The summed E-state index contributed by atoms with van der Waals surface area (Å²) >= 11 is 0. The molecule has 0 aromatic heterocycles. The van der Waals surface area contributed by atoms with Gasteiger partial charge < -0.3 is 5.73 Å². The summed E-state index contributed by atoms with van der Waals surface area (Å²) in [5.41, 5.74) is 8.58. The average Bonchev–Trinajstić information content (AvgIpc) is 3.28. The molecule has 2 amide bonds. The summed E-state index contributed by atoms with van der Waals surface area (Å²) in [6.45, 7) is 0. The molecule has 2 aliphatic rings. The van der Waals surface area contributed by atoms with Gasteiger partial charge in [-0.1, -0.05) is 48.5 Å². The summed E-state index contributed by atoms with van der Waals surface area (Å²) in [5, 5.41) is 0. The van der Waals surface area contributed by atoms with Crippen LogP contribution < -0.4 is 10.6 Å². The molecule has 1 aliphatic heterocycles. The van der Waals surface area contributed by atoms with Gasteiger partial charge in [0.15, 0.2) is 0 Å². The number of hydrogen-bond donors (Lipinski definition) is 1. The van der Waals surface area contributed by atoms with E-state index < -0.39 is 11.9 Å². The van der Waals surface area contributed by atoms with E-state index in [0.29, 0.717) is 6.42 Å². The second kappa shape index (κ2) is 5.23. The van der Waals surface area contributed by atoms with E-state index in [0.717, 1.165) is 17.7 Å². The lowest BCUT2D eigenvalue weighted by Gasteiger charge is -2.23. The van der Waals surface area contributed by atoms with Crippen molar-refractivity contribution in [2.24, 2.45) is 11.7 Å². The Kier molecular flexibility index (Phi) is 3.18. The van der Waals surface area contributed by atoms with Gasteiger partial charge in [-0.25, -0.2) is 0 Å². The van der Waals surface area contributed by atoms with Crippen LogP contribution in [-0.4, -0.2) is 17.9 Å². The first-order valence-electron chi connectivity index (χ1n) is 7.92. The number of primary amides is 1. The van der Waals surface area contributed by atoms with Crippen LogP contribution in [0.15, 0.2) is 54.6 Å². The minimum absolute atomic E-state index is 0.0209. The largest absolute Gasteiger partial charge is 0.368 e. The SMILES string of the molecule is NC(=O)[C@@H]1Cc2ccccc2N1C(=O)C1CC1c1ccccc1. The molecule has 2 aromatic rings. The van der Waals surface area contributed by atoms with Gasteiger partial charge in [-0.2, -0.15) is 0 Å². The quantitative estimate of drug-likeness (QED) is 0.945. The first-order valence-corrected chi connectivity index (χ1v) is 7.92. The number of anilines is 1. The van der Waals surface area contributed by atoms with Crippen molar-refractivity contribution in [1.82, 2.24) is 0 Å². The van der Waals surface area contributed by atoms with Crippen molar-refractivity contribution in [3.63, 3.8) is 0 Å². The monoisotopic (exact) mass is 306 g/mol. The zero-order valence-corrected chi connectivity index (χ0v) is 12.7. The van der Waals surface area contributed by atoms with Crippen LogP contribution in [0.1, 0.15) is 23.5 Å². The van der Waals surface area contributed by atoms with E-state index in [-0.39, 0.29) is 17.7 Å². The van der Waals surface area contributed by atoms with Crippen LogP contribution >= 0.6 is 0 Å². The molecule has 4 nitrogen and oxygen atoms in total. The Hall–Kier alpha value is -2.62. The highest BCUT2D eigenvalue weighted by molar-refractivity contribution is 6.05. The molecular weight excluding hydrogens is 288 g/mol. The van der Waals surface area contributed by atoms with Gasteiger partial charge in [0, 0.05) is 18.0 Å². The second-order valence-corrected chi connectivity index (χ2v) is 6.32. The number of nitrogens with two attached hydrogens (primary N) is 1. The number of fused-ring (bicyclic) bond motifs is 1. The van der Waals surface area contributed by atoms with E-state index in [9.17, 15) is 9.59 Å². The Bertz CT molecular complexity index is 772. The highest BCUT2D eigenvalue weighted by Crippen LogP contribution is 2.50. The molecule has 4 heteroatoms. The lowest BCUT2D eigenvalue weighted by Crippen LogP contribution is -2.46. The minimum atomic E-state index is -0.558. The van der Waals surface area contributed by atoms with Crippen molar-refractivity contribution in [1.29, 1.82) is 0 Å². The first kappa shape index (κ1) is 14.0. The molecule has 2 unspecified atom stereocenters. The summed E-state index contributed by atoms with van der Waals surface area (Å²) in [6, 6.07) is 17.2. The molecule has 116 valence electrons. The third-order valence-electron chi connectivity index (χ3n) is 4.88. The number of carbonyl (C=O) groups excluding carboxylic acids is 2. The Morgan fingerprint density at radius 2 is 1.70 bits per heavy atom. The molecule has 3 atom stereocenters. The van der Waals surface area contributed by atoms with Crippen molar-refractivity contribution in [3.05, 3.63) is 65.7 Å². The molecule has 23 heavy (non-hydrogen) atoms. The third kappa shape index (κ3) is 2.31. The van der Waals surface area contributed by atoms with Crippen LogP contribution in [0.3, 0.4) is 0 Å². The summed E-state index contributed by atoms with van der Waals surface area (Å²) in [4.78, 5) is 26.4. The fourth-order valence-electron chi connectivity index (χ4n) is 3.60. The van der Waals surface area contributed by atoms with Crippen LogP contribution in [-0.2, 0) is 16.0 Å². The van der Waals surface area contributed by atoms with Crippen molar-refractivity contribution in [3.8, 4) is 0 Å². The number of carbonyl (C=O) groups is 2. The lowest BCUT2D eigenvalue weighted by atomic mass is 10.1. The topological polar surface area (TPSA) is 63.4 Å². The maximum absolute atomic E-state index is 13.0. The van der Waals surface area contributed by atoms with E-state index in [1.54, 1.807) is 4.90 Å². The van der Waals surface area contributed by atoms with Gasteiger partial charge >= 0.3 is 0 Å². The van der Waals surface area contributed by atoms with Crippen molar-refractivity contribution in [2.75, 3.05) is 4.90 Å². The molecule has 1 heterocycles. The highest BCUT2D eigenvalue weighted by Gasteiger charge is 2.49. The average molecular weight is 306 g/mol. The van der Waals surface area contributed by atoms with E-state index >= 15 is 0 Å². The molecule has 1 fully saturated rings. The molecule has 2 aromatic carbocycles. The van der Waals surface area contributed by atoms with Crippen molar-refractivity contribution in [2.45, 2.75) is 24.8 Å². The van der Waals surface area contributed by atoms with Crippen LogP contribution in [0.4, 0.5) is 5.69 Å². The van der Waals surface area contributed by atoms with E-state index in [1.807, 2.05) is 42.5 Å². The van der Waals surface area contributed by atoms with Crippen molar-refractivity contribution >= 4 is 17.5 Å². The lowest BCUT2D eigenvalue weighted by molar-refractivity contribution is -0.125. The van der Waals surface area contributed by atoms with Crippen LogP contribution in [0.5, 0.6) is 0 Å². The highest BCUT2D eigenvalue weighted by atomic mass is 16.2. The summed E-state index contributed by atoms with van der Waals surface area (Å²) < 4.78 is 0. The molecular formula is C19H18N2O2. The second-order valence-electron chi connectivity index (χ2n) is 6.32. The fraction of sp³-hybridized carbons (Fsp3) is 0.263. The predicted molar refractivity (Wildman–Crippen MR) is 87.9 cm³/mol. The number of nitrogens with zero attached hydrogens (tertiary/aromatic N) is 1. The predicted octanol–water partition coefficient (Wildman–Crippen LogP) is 2.23. The molecule has 1 saturated carbocycles. The third-order valence-corrected chi connectivity index (χ3v) is 4.88. The molecule has 0 saturated heterocycles. The smallest absolute Gasteiger partial charge is 0.240 e. The Labute approximate surface area is 134 Å². The molecule has 2 N–H and O–H groups in total.